The van der Waals surface area contributed by atoms with Crippen LogP contribution in [-0.2, 0) is 28.6 Å². The molecule has 0 bridgehead atoms. The molecule has 0 saturated carbocycles. The smallest absolute Gasteiger partial charge is 0.306 e. The minimum atomic E-state index is -0.775. The van der Waals surface area contributed by atoms with E-state index in [1.54, 1.807) is 0 Å². The van der Waals surface area contributed by atoms with Gasteiger partial charge in [-0.2, -0.15) is 0 Å². The Morgan fingerprint density at radius 3 is 0.713 bits per heavy atom. The summed E-state index contributed by atoms with van der Waals surface area (Å²) in [7, 11) is 0. The summed E-state index contributed by atoms with van der Waals surface area (Å²) in [6, 6.07) is 0. The lowest BCUT2D eigenvalue weighted by Gasteiger charge is -2.18. The minimum absolute atomic E-state index is 0.0712. The number of allylic oxidation sites excluding steroid dienone is 8. The van der Waals surface area contributed by atoms with Gasteiger partial charge in [-0.05, 0) is 83.5 Å². The molecule has 6 heteroatoms. The second kappa shape index (κ2) is 68.9. The first kappa shape index (κ1) is 77.4. The van der Waals surface area contributed by atoms with Crippen LogP contribution in [0.3, 0.4) is 0 Å². The first-order chi connectivity index (χ1) is 39.5. The SMILES string of the molecule is CCCCCCC/C=C\C/C=C\C/C=C\CCCCCCCCCCCCCCCCC(=O)OCC(COC(=O)CCCCCCC/C=C\CCCCCCC)OC(=O)CCCCCCCCCCCCCCCCCCCCC. The number of hydrogen-bond donors (Lipinski definition) is 0. The Kier molecular flexibility index (Phi) is 66.6. The Morgan fingerprint density at radius 1 is 0.250 bits per heavy atom. The fourth-order valence-corrected chi connectivity index (χ4v) is 10.7. The third-order valence-corrected chi connectivity index (χ3v) is 16.1. The van der Waals surface area contributed by atoms with Gasteiger partial charge in [0.25, 0.3) is 0 Å². The minimum Gasteiger partial charge on any atom is -0.462 e. The summed E-state index contributed by atoms with van der Waals surface area (Å²) in [5.41, 5.74) is 0. The molecule has 0 aliphatic heterocycles. The highest BCUT2D eigenvalue weighted by atomic mass is 16.6. The van der Waals surface area contributed by atoms with Crippen molar-refractivity contribution in [3.8, 4) is 0 Å². The summed E-state index contributed by atoms with van der Waals surface area (Å²) in [6.07, 6.45) is 87.1. The Bertz CT molecular complexity index is 1380. The van der Waals surface area contributed by atoms with Gasteiger partial charge in [0.1, 0.15) is 13.2 Å². The van der Waals surface area contributed by atoms with Gasteiger partial charge in [-0.1, -0.05) is 333 Å². The van der Waals surface area contributed by atoms with E-state index >= 15 is 0 Å². The monoisotopic (exact) mass is 1120 g/mol. The molecule has 0 radical (unpaired) electrons. The molecular formula is C74H136O6. The molecule has 0 spiro atoms. The molecule has 0 saturated heterocycles. The molecule has 0 aliphatic rings. The first-order valence-corrected chi connectivity index (χ1v) is 35.6. The van der Waals surface area contributed by atoms with Crippen LogP contribution in [0.4, 0.5) is 0 Å². The number of hydrogen-bond acceptors (Lipinski definition) is 6. The molecule has 0 fully saturated rings. The zero-order valence-electron chi connectivity index (χ0n) is 53.9. The van der Waals surface area contributed by atoms with Gasteiger partial charge in [-0.3, -0.25) is 14.4 Å². The van der Waals surface area contributed by atoms with Gasteiger partial charge in [0.2, 0.25) is 0 Å². The summed E-state index contributed by atoms with van der Waals surface area (Å²) in [5.74, 6) is -0.853. The molecule has 0 aliphatic carbocycles. The molecule has 0 N–H and O–H groups in total. The van der Waals surface area contributed by atoms with E-state index in [1.807, 2.05) is 0 Å². The third kappa shape index (κ3) is 66.2. The number of carbonyl (C=O) groups is 3. The van der Waals surface area contributed by atoms with Gasteiger partial charge in [0, 0.05) is 19.3 Å². The molecule has 468 valence electrons. The second-order valence-corrected chi connectivity index (χ2v) is 24.1. The van der Waals surface area contributed by atoms with Crippen molar-refractivity contribution >= 4 is 17.9 Å². The average Bonchev–Trinajstić information content (AvgIpc) is 3.46. The number of carbonyl (C=O) groups excluding carboxylic acids is 3. The van der Waals surface area contributed by atoms with E-state index in [9.17, 15) is 14.4 Å². The summed E-state index contributed by atoms with van der Waals surface area (Å²) >= 11 is 0. The fraction of sp³-hybridized carbons (Fsp3) is 0.851. The van der Waals surface area contributed by atoms with Crippen molar-refractivity contribution < 1.29 is 28.6 Å². The molecule has 1 unspecified atom stereocenters. The van der Waals surface area contributed by atoms with Crippen LogP contribution in [0, 0.1) is 0 Å². The molecule has 80 heavy (non-hydrogen) atoms. The van der Waals surface area contributed by atoms with E-state index in [0.717, 1.165) is 77.0 Å². The predicted molar refractivity (Wildman–Crippen MR) is 349 cm³/mol. The quantitative estimate of drug-likeness (QED) is 0.0261. The van der Waals surface area contributed by atoms with Crippen molar-refractivity contribution in [2.75, 3.05) is 13.2 Å². The maximum atomic E-state index is 12.9. The molecule has 0 aromatic heterocycles. The highest BCUT2D eigenvalue weighted by molar-refractivity contribution is 5.71. The maximum Gasteiger partial charge on any atom is 0.306 e. The Balaban J connectivity index is 4.23. The van der Waals surface area contributed by atoms with E-state index in [0.29, 0.717) is 19.3 Å². The number of unbranched alkanes of at least 4 members (excludes halogenated alkanes) is 47. The van der Waals surface area contributed by atoms with E-state index in [4.69, 9.17) is 14.2 Å². The lowest BCUT2D eigenvalue weighted by atomic mass is 10.0. The summed E-state index contributed by atoms with van der Waals surface area (Å²) < 4.78 is 17.0. The van der Waals surface area contributed by atoms with Crippen LogP contribution in [-0.4, -0.2) is 37.2 Å². The van der Waals surface area contributed by atoms with Crippen LogP contribution < -0.4 is 0 Å². The van der Waals surface area contributed by atoms with Gasteiger partial charge in [-0.15, -0.1) is 0 Å². The number of rotatable bonds is 66. The van der Waals surface area contributed by atoms with E-state index < -0.39 is 6.10 Å². The summed E-state index contributed by atoms with van der Waals surface area (Å²) in [4.78, 5) is 38.4. The third-order valence-electron chi connectivity index (χ3n) is 16.1. The van der Waals surface area contributed by atoms with Crippen LogP contribution >= 0.6 is 0 Å². The standard InChI is InChI=1S/C74H136O6/c1-4-7-10-13-16-19-22-25-28-30-32-33-34-35-36-37-38-39-40-41-43-44-46-49-52-55-58-61-64-67-73(76)79-70-71(69-78-72(75)66-63-60-57-54-51-48-27-24-21-18-15-12-9-6-3)80-74(77)68-65-62-59-56-53-50-47-45-42-31-29-26-23-20-17-14-11-8-5-2/h22,24-25,27,30,32,34-35,71H,4-21,23,26,28-29,31,33,36-70H2,1-3H3/b25-22-,27-24-,32-30-,35-34-. The predicted octanol–water partition coefficient (Wildman–Crippen LogP) is 24.5. The molecule has 1 atom stereocenters. The Hall–Kier alpha value is -2.63. The molecule has 6 nitrogen and oxygen atoms in total. The van der Waals surface area contributed by atoms with Crippen molar-refractivity contribution in [1.29, 1.82) is 0 Å². The van der Waals surface area contributed by atoms with Gasteiger partial charge in [0.15, 0.2) is 6.10 Å². The second-order valence-electron chi connectivity index (χ2n) is 24.1. The van der Waals surface area contributed by atoms with E-state index in [-0.39, 0.29) is 31.1 Å². The first-order valence-electron chi connectivity index (χ1n) is 35.6. The van der Waals surface area contributed by atoms with Crippen LogP contribution in [0.2, 0.25) is 0 Å². The van der Waals surface area contributed by atoms with Crippen LogP contribution in [0.15, 0.2) is 48.6 Å². The van der Waals surface area contributed by atoms with Crippen molar-refractivity contribution in [3.63, 3.8) is 0 Å². The Labute approximate surface area is 498 Å². The van der Waals surface area contributed by atoms with E-state index in [1.165, 1.54) is 270 Å². The van der Waals surface area contributed by atoms with Gasteiger partial charge < -0.3 is 14.2 Å². The Morgan fingerprint density at radius 2 is 0.450 bits per heavy atom. The molecule has 0 rings (SSSR count). The van der Waals surface area contributed by atoms with Gasteiger partial charge >= 0.3 is 17.9 Å². The van der Waals surface area contributed by atoms with Crippen molar-refractivity contribution in [3.05, 3.63) is 48.6 Å². The fourth-order valence-electron chi connectivity index (χ4n) is 10.7. The molecular weight excluding hydrogens is 985 g/mol. The summed E-state index contributed by atoms with van der Waals surface area (Å²) in [6.45, 7) is 6.68. The largest absolute Gasteiger partial charge is 0.462 e. The zero-order chi connectivity index (χ0) is 57.8. The lowest BCUT2D eigenvalue weighted by Crippen LogP contribution is -2.30. The van der Waals surface area contributed by atoms with Crippen LogP contribution in [0.1, 0.15) is 387 Å². The highest BCUT2D eigenvalue weighted by Crippen LogP contribution is 2.18. The molecule has 0 aromatic carbocycles. The average molecular weight is 1120 g/mol. The normalized spacial score (nSPS) is 12.3. The highest BCUT2D eigenvalue weighted by Gasteiger charge is 2.19. The van der Waals surface area contributed by atoms with Crippen molar-refractivity contribution in [1.82, 2.24) is 0 Å². The molecule has 0 amide bonds. The number of esters is 3. The topological polar surface area (TPSA) is 78.9 Å². The van der Waals surface area contributed by atoms with Crippen molar-refractivity contribution in [2.24, 2.45) is 0 Å². The van der Waals surface area contributed by atoms with Gasteiger partial charge in [-0.25, -0.2) is 0 Å². The maximum absolute atomic E-state index is 12.9. The van der Waals surface area contributed by atoms with Crippen molar-refractivity contribution in [2.45, 2.75) is 393 Å². The zero-order valence-corrected chi connectivity index (χ0v) is 53.9. The van der Waals surface area contributed by atoms with Crippen LogP contribution in [0.5, 0.6) is 0 Å². The molecule has 0 heterocycles. The summed E-state index contributed by atoms with van der Waals surface area (Å²) in [5, 5.41) is 0. The van der Waals surface area contributed by atoms with Crippen LogP contribution in [0.25, 0.3) is 0 Å². The molecule has 0 aromatic rings. The van der Waals surface area contributed by atoms with E-state index in [2.05, 4.69) is 69.4 Å². The number of ether oxygens (including phenoxy) is 3. The van der Waals surface area contributed by atoms with Gasteiger partial charge in [0.05, 0.1) is 0 Å². The lowest BCUT2D eigenvalue weighted by molar-refractivity contribution is -0.167.